The molecule has 0 unspecified atom stereocenters. The summed E-state index contributed by atoms with van der Waals surface area (Å²) in [6.07, 6.45) is 0.724. The molecule has 4 aromatic rings. The number of aromatic nitrogens is 2. The van der Waals surface area contributed by atoms with Crippen molar-refractivity contribution in [3.8, 4) is 5.69 Å². The molecular formula is C27H21F3N4O2. The second kappa shape index (κ2) is 8.51. The Morgan fingerprint density at radius 2 is 1.58 bits per heavy atom. The van der Waals surface area contributed by atoms with Crippen molar-refractivity contribution in [2.24, 2.45) is 5.92 Å². The second-order valence-corrected chi connectivity index (χ2v) is 9.21. The number of carbonyl (C=O) groups is 2. The fourth-order valence-corrected chi connectivity index (χ4v) is 4.89. The van der Waals surface area contributed by atoms with E-state index in [9.17, 15) is 22.8 Å². The summed E-state index contributed by atoms with van der Waals surface area (Å²) in [7, 11) is 0. The SMILES string of the molecule is O=C(N[C@@H]1CC(=O)N(c2ccc3c(cnn3-c3ccc(F)cc3)c2)[C@H]1c1ccc(F)cc1)[C@H]1C[C@H]1F. The number of halogens is 3. The van der Waals surface area contributed by atoms with E-state index < -0.39 is 35.9 Å². The van der Waals surface area contributed by atoms with Gasteiger partial charge in [0.15, 0.2) is 0 Å². The van der Waals surface area contributed by atoms with Crippen LogP contribution in [0.1, 0.15) is 24.4 Å². The minimum absolute atomic E-state index is 0.0321. The lowest BCUT2D eigenvalue weighted by Crippen LogP contribution is -2.41. The maximum Gasteiger partial charge on any atom is 0.229 e. The Bertz CT molecular complexity index is 1470. The van der Waals surface area contributed by atoms with Crippen LogP contribution in [0.15, 0.2) is 72.9 Å². The van der Waals surface area contributed by atoms with Crippen LogP contribution in [0.4, 0.5) is 18.9 Å². The molecule has 0 spiro atoms. The van der Waals surface area contributed by atoms with Gasteiger partial charge in [0.25, 0.3) is 0 Å². The first kappa shape index (κ1) is 22.3. The van der Waals surface area contributed by atoms with Gasteiger partial charge in [0.2, 0.25) is 11.8 Å². The molecule has 6 rings (SSSR count). The van der Waals surface area contributed by atoms with Crippen molar-refractivity contribution in [3.63, 3.8) is 0 Å². The molecule has 2 amide bonds. The number of amides is 2. The maximum atomic E-state index is 13.7. The molecule has 0 radical (unpaired) electrons. The van der Waals surface area contributed by atoms with E-state index in [0.717, 1.165) is 10.9 Å². The molecule has 2 aliphatic rings. The van der Waals surface area contributed by atoms with Crippen LogP contribution in [-0.4, -0.2) is 33.8 Å². The zero-order valence-electron chi connectivity index (χ0n) is 18.9. The van der Waals surface area contributed by atoms with E-state index in [0.29, 0.717) is 16.9 Å². The minimum Gasteiger partial charge on any atom is -0.350 e. The van der Waals surface area contributed by atoms with E-state index in [1.165, 1.54) is 24.3 Å². The van der Waals surface area contributed by atoms with E-state index in [4.69, 9.17) is 0 Å². The Labute approximate surface area is 204 Å². The zero-order valence-corrected chi connectivity index (χ0v) is 18.9. The number of anilines is 1. The van der Waals surface area contributed by atoms with Crippen molar-refractivity contribution in [1.82, 2.24) is 15.1 Å². The number of benzene rings is 3. The van der Waals surface area contributed by atoms with Gasteiger partial charge in [-0.3, -0.25) is 9.59 Å². The summed E-state index contributed by atoms with van der Waals surface area (Å²) in [5.74, 6) is -2.07. The van der Waals surface area contributed by atoms with Crippen LogP contribution in [0.25, 0.3) is 16.6 Å². The second-order valence-electron chi connectivity index (χ2n) is 9.21. The Hall–Kier alpha value is -4.14. The van der Waals surface area contributed by atoms with E-state index in [1.54, 1.807) is 46.1 Å². The fourth-order valence-electron chi connectivity index (χ4n) is 4.89. The monoisotopic (exact) mass is 490 g/mol. The van der Waals surface area contributed by atoms with Crippen LogP contribution in [0, 0.1) is 17.6 Å². The number of hydrogen-bond donors (Lipinski definition) is 1. The van der Waals surface area contributed by atoms with Gasteiger partial charge in [0, 0.05) is 17.5 Å². The van der Waals surface area contributed by atoms with E-state index in [1.807, 2.05) is 12.1 Å². The number of fused-ring (bicyclic) bond motifs is 1. The molecule has 1 N–H and O–H groups in total. The number of hydrogen-bond acceptors (Lipinski definition) is 3. The van der Waals surface area contributed by atoms with E-state index >= 15 is 0 Å². The summed E-state index contributed by atoms with van der Waals surface area (Å²) < 4.78 is 42.1. The first-order valence-electron chi connectivity index (χ1n) is 11.6. The lowest BCUT2D eigenvalue weighted by Gasteiger charge is -2.29. The predicted octanol–water partition coefficient (Wildman–Crippen LogP) is 4.62. The molecule has 1 saturated carbocycles. The van der Waals surface area contributed by atoms with Crippen molar-refractivity contribution >= 4 is 28.4 Å². The summed E-state index contributed by atoms with van der Waals surface area (Å²) >= 11 is 0. The highest BCUT2D eigenvalue weighted by Crippen LogP contribution is 2.40. The van der Waals surface area contributed by atoms with Crippen LogP contribution in [-0.2, 0) is 9.59 Å². The van der Waals surface area contributed by atoms with Gasteiger partial charge in [0.1, 0.15) is 17.8 Å². The van der Waals surface area contributed by atoms with Crippen molar-refractivity contribution in [3.05, 3.63) is 90.1 Å². The lowest BCUT2D eigenvalue weighted by molar-refractivity contribution is -0.123. The van der Waals surface area contributed by atoms with Crippen molar-refractivity contribution in [2.45, 2.75) is 31.1 Å². The molecule has 0 bridgehead atoms. The first-order valence-corrected chi connectivity index (χ1v) is 11.6. The summed E-state index contributed by atoms with van der Waals surface area (Å²) in [6.45, 7) is 0. The molecule has 1 aliphatic heterocycles. The predicted molar refractivity (Wildman–Crippen MR) is 127 cm³/mol. The summed E-state index contributed by atoms with van der Waals surface area (Å²) in [5, 5.41) is 8.02. The molecular weight excluding hydrogens is 469 g/mol. The standard InChI is InChI=1S/C27H21F3N4O2/c28-17-3-1-15(2-4-17)26-23(32-27(36)21-12-22(21)30)13-25(35)33(26)20-9-10-24-16(11-20)14-31-34(24)19-7-5-18(29)6-8-19/h1-11,14,21-23,26H,12-13H2,(H,32,36)/t21-,22+,23+,26-/m0/s1. The van der Waals surface area contributed by atoms with Crippen LogP contribution >= 0.6 is 0 Å². The lowest BCUT2D eigenvalue weighted by atomic mass is 9.99. The van der Waals surface area contributed by atoms with Crippen molar-refractivity contribution < 1.29 is 22.8 Å². The molecule has 1 saturated heterocycles. The molecule has 2 fully saturated rings. The van der Waals surface area contributed by atoms with Gasteiger partial charge in [-0.2, -0.15) is 5.10 Å². The number of alkyl halides is 1. The minimum atomic E-state index is -1.15. The molecule has 36 heavy (non-hydrogen) atoms. The highest BCUT2D eigenvalue weighted by atomic mass is 19.1. The maximum absolute atomic E-state index is 13.7. The third kappa shape index (κ3) is 3.90. The average Bonchev–Trinajstić information content (AvgIpc) is 3.32. The number of nitrogens with zero attached hydrogens (tertiary/aromatic N) is 3. The molecule has 1 aliphatic carbocycles. The van der Waals surface area contributed by atoms with E-state index in [2.05, 4.69) is 10.4 Å². The third-order valence-corrected chi connectivity index (χ3v) is 6.81. The zero-order chi connectivity index (χ0) is 25.0. The Morgan fingerprint density at radius 1 is 0.944 bits per heavy atom. The van der Waals surface area contributed by atoms with Crippen LogP contribution in [0.2, 0.25) is 0 Å². The molecule has 1 aromatic heterocycles. The average molecular weight is 490 g/mol. The molecule has 182 valence electrons. The molecule has 9 heteroatoms. The van der Waals surface area contributed by atoms with Crippen LogP contribution < -0.4 is 10.2 Å². The largest absolute Gasteiger partial charge is 0.350 e. The smallest absolute Gasteiger partial charge is 0.229 e. The van der Waals surface area contributed by atoms with Gasteiger partial charge in [0.05, 0.1) is 35.4 Å². The summed E-state index contributed by atoms with van der Waals surface area (Å²) in [5.41, 5.74) is 2.70. The molecule has 4 atom stereocenters. The Morgan fingerprint density at radius 3 is 2.25 bits per heavy atom. The van der Waals surface area contributed by atoms with Gasteiger partial charge < -0.3 is 10.2 Å². The molecule has 6 nitrogen and oxygen atoms in total. The van der Waals surface area contributed by atoms with Crippen molar-refractivity contribution in [1.29, 1.82) is 0 Å². The van der Waals surface area contributed by atoms with Gasteiger partial charge in [-0.1, -0.05) is 12.1 Å². The topological polar surface area (TPSA) is 67.2 Å². The highest BCUT2D eigenvalue weighted by Gasteiger charge is 2.48. The van der Waals surface area contributed by atoms with Gasteiger partial charge in [-0.25, -0.2) is 17.9 Å². The van der Waals surface area contributed by atoms with Crippen LogP contribution in [0.5, 0.6) is 0 Å². The van der Waals surface area contributed by atoms with Crippen molar-refractivity contribution in [2.75, 3.05) is 4.90 Å². The Kier molecular flexibility index (Phi) is 5.28. The summed E-state index contributed by atoms with van der Waals surface area (Å²) in [4.78, 5) is 27.3. The fraction of sp³-hybridized carbons (Fsp3) is 0.222. The van der Waals surface area contributed by atoms with Gasteiger partial charge in [-0.15, -0.1) is 0 Å². The highest BCUT2D eigenvalue weighted by molar-refractivity contribution is 6.00. The van der Waals surface area contributed by atoms with Crippen LogP contribution in [0.3, 0.4) is 0 Å². The normalized spacial score (nSPS) is 23.3. The number of rotatable bonds is 5. The van der Waals surface area contributed by atoms with Gasteiger partial charge in [-0.05, 0) is 66.6 Å². The molecule has 2 heterocycles. The first-order chi connectivity index (χ1) is 17.4. The van der Waals surface area contributed by atoms with Gasteiger partial charge >= 0.3 is 0 Å². The molecule has 3 aromatic carbocycles. The van der Waals surface area contributed by atoms with E-state index in [-0.39, 0.29) is 24.6 Å². The Balaban J connectivity index is 1.37. The third-order valence-electron chi connectivity index (χ3n) is 6.81. The number of carbonyl (C=O) groups excluding carboxylic acids is 2. The number of nitrogens with one attached hydrogen (secondary N) is 1. The summed E-state index contributed by atoms with van der Waals surface area (Å²) in [6, 6.07) is 16.0. The quantitative estimate of drug-likeness (QED) is 0.444.